The van der Waals surface area contributed by atoms with E-state index in [1.807, 2.05) is 0 Å². The van der Waals surface area contributed by atoms with Gasteiger partial charge in [0.15, 0.2) is 0 Å². The van der Waals surface area contributed by atoms with Crippen LogP contribution >= 0.6 is 23.2 Å². The first-order chi connectivity index (χ1) is 5.63. The molecular formula is C7H5Cl2NO2. The highest BCUT2D eigenvalue weighted by molar-refractivity contribution is 6.35. The molecule has 1 aromatic rings. The number of amides is 1. The Labute approximate surface area is 78.9 Å². The standard InChI is InChI=1S/C7H5Cl2NO2/c8-5-1-4(7(11)10-12)2-6(9)3-5/h1-3,12H,(H,10,11). The van der Waals surface area contributed by atoms with Crippen LogP contribution in [0.5, 0.6) is 0 Å². The Morgan fingerprint density at radius 3 is 2.17 bits per heavy atom. The number of hydroxylamine groups is 1. The Morgan fingerprint density at radius 1 is 1.25 bits per heavy atom. The number of carbonyl (C=O) groups is 1. The van der Waals surface area contributed by atoms with Crippen LogP contribution < -0.4 is 5.48 Å². The van der Waals surface area contributed by atoms with Crippen molar-refractivity contribution in [1.29, 1.82) is 0 Å². The molecule has 5 heteroatoms. The fraction of sp³-hybridized carbons (Fsp3) is 0. The number of halogens is 2. The average Bonchev–Trinajstić information content (AvgIpc) is 2.01. The lowest BCUT2D eigenvalue weighted by molar-refractivity contribution is 0.0706. The molecule has 0 fully saturated rings. The second kappa shape index (κ2) is 3.76. The fourth-order valence-corrected chi connectivity index (χ4v) is 1.28. The second-order valence-electron chi connectivity index (χ2n) is 2.10. The summed E-state index contributed by atoms with van der Waals surface area (Å²) in [5.74, 6) is -0.639. The summed E-state index contributed by atoms with van der Waals surface area (Å²) >= 11 is 11.2. The van der Waals surface area contributed by atoms with Gasteiger partial charge < -0.3 is 0 Å². The normalized spacial score (nSPS) is 9.58. The number of nitrogens with one attached hydrogen (secondary N) is 1. The van der Waals surface area contributed by atoms with E-state index < -0.39 is 5.91 Å². The van der Waals surface area contributed by atoms with Crippen molar-refractivity contribution in [3.8, 4) is 0 Å². The summed E-state index contributed by atoms with van der Waals surface area (Å²) in [7, 11) is 0. The van der Waals surface area contributed by atoms with Crippen LogP contribution in [-0.4, -0.2) is 11.1 Å². The molecule has 0 bridgehead atoms. The van der Waals surface area contributed by atoms with Crippen LogP contribution in [0, 0.1) is 0 Å². The minimum atomic E-state index is -0.639. The van der Waals surface area contributed by atoms with Gasteiger partial charge >= 0.3 is 0 Å². The molecule has 1 aromatic carbocycles. The zero-order chi connectivity index (χ0) is 9.14. The lowest BCUT2D eigenvalue weighted by Gasteiger charge is -1.99. The Kier molecular flexibility index (Phi) is 2.92. The van der Waals surface area contributed by atoms with E-state index in [1.54, 1.807) is 0 Å². The van der Waals surface area contributed by atoms with Crippen molar-refractivity contribution < 1.29 is 10.0 Å². The van der Waals surface area contributed by atoms with Crippen LogP contribution in [0.4, 0.5) is 0 Å². The summed E-state index contributed by atoms with van der Waals surface area (Å²) < 4.78 is 0. The third-order valence-corrected chi connectivity index (χ3v) is 1.66. The van der Waals surface area contributed by atoms with Gasteiger partial charge in [-0.15, -0.1) is 0 Å². The molecule has 1 amide bonds. The molecule has 0 aliphatic carbocycles. The quantitative estimate of drug-likeness (QED) is 0.546. The number of benzene rings is 1. The van der Waals surface area contributed by atoms with Crippen LogP contribution in [0.1, 0.15) is 10.4 Å². The fourth-order valence-electron chi connectivity index (χ4n) is 0.749. The van der Waals surface area contributed by atoms with Crippen molar-refractivity contribution >= 4 is 29.1 Å². The number of hydrogen-bond acceptors (Lipinski definition) is 2. The molecule has 0 aliphatic rings. The van der Waals surface area contributed by atoms with E-state index in [-0.39, 0.29) is 5.56 Å². The second-order valence-corrected chi connectivity index (χ2v) is 2.97. The lowest BCUT2D eigenvalue weighted by Crippen LogP contribution is -2.18. The van der Waals surface area contributed by atoms with Gasteiger partial charge in [-0.3, -0.25) is 10.0 Å². The Bertz CT molecular complexity index is 294. The Morgan fingerprint density at radius 2 is 1.75 bits per heavy atom. The highest BCUT2D eigenvalue weighted by Crippen LogP contribution is 2.18. The highest BCUT2D eigenvalue weighted by Gasteiger charge is 2.05. The highest BCUT2D eigenvalue weighted by atomic mass is 35.5. The predicted molar refractivity (Wildman–Crippen MR) is 45.7 cm³/mol. The number of hydrogen-bond donors (Lipinski definition) is 2. The Hall–Kier alpha value is -0.770. The third-order valence-electron chi connectivity index (χ3n) is 1.23. The van der Waals surface area contributed by atoms with Gasteiger partial charge in [-0.2, -0.15) is 0 Å². The maximum atomic E-state index is 10.8. The molecule has 3 nitrogen and oxygen atoms in total. The first kappa shape index (κ1) is 9.32. The van der Waals surface area contributed by atoms with Gasteiger partial charge in [-0.05, 0) is 18.2 Å². The minimum Gasteiger partial charge on any atom is -0.288 e. The zero-order valence-electron chi connectivity index (χ0n) is 5.84. The molecule has 0 saturated carbocycles. The molecule has 64 valence electrons. The molecule has 0 aliphatic heterocycles. The van der Waals surface area contributed by atoms with Crippen LogP contribution in [0.3, 0.4) is 0 Å². The van der Waals surface area contributed by atoms with Crippen LogP contribution in [0.25, 0.3) is 0 Å². The summed E-state index contributed by atoms with van der Waals surface area (Å²) in [5, 5.41) is 8.98. The summed E-state index contributed by atoms with van der Waals surface area (Å²) in [5.41, 5.74) is 1.70. The molecule has 0 unspecified atom stereocenters. The van der Waals surface area contributed by atoms with Gasteiger partial charge in [-0.25, -0.2) is 5.48 Å². The van der Waals surface area contributed by atoms with E-state index in [9.17, 15) is 4.79 Å². The van der Waals surface area contributed by atoms with Gasteiger partial charge in [0.2, 0.25) is 0 Å². The maximum Gasteiger partial charge on any atom is 0.274 e. The van der Waals surface area contributed by atoms with E-state index in [2.05, 4.69) is 0 Å². The van der Waals surface area contributed by atoms with Gasteiger partial charge in [0.25, 0.3) is 5.91 Å². The van der Waals surface area contributed by atoms with E-state index in [1.165, 1.54) is 23.7 Å². The summed E-state index contributed by atoms with van der Waals surface area (Å²) in [6, 6.07) is 4.30. The molecule has 1 rings (SSSR count). The lowest BCUT2D eigenvalue weighted by atomic mass is 10.2. The minimum absolute atomic E-state index is 0.218. The topological polar surface area (TPSA) is 49.3 Å². The molecule has 0 atom stereocenters. The average molecular weight is 206 g/mol. The first-order valence-corrected chi connectivity index (χ1v) is 3.79. The molecule has 2 N–H and O–H groups in total. The van der Waals surface area contributed by atoms with E-state index in [0.29, 0.717) is 10.0 Å². The Balaban J connectivity index is 3.08. The van der Waals surface area contributed by atoms with Gasteiger partial charge in [-0.1, -0.05) is 23.2 Å². The number of carbonyl (C=O) groups excluding carboxylic acids is 1. The molecule has 12 heavy (non-hydrogen) atoms. The van der Waals surface area contributed by atoms with Crippen molar-refractivity contribution in [1.82, 2.24) is 5.48 Å². The van der Waals surface area contributed by atoms with E-state index >= 15 is 0 Å². The van der Waals surface area contributed by atoms with Crippen LogP contribution in [0.2, 0.25) is 10.0 Å². The predicted octanol–water partition coefficient (Wildman–Crippen LogP) is 2.11. The van der Waals surface area contributed by atoms with E-state index in [4.69, 9.17) is 28.4 Å². The van der Waals surface area contributed by atoms with E-state index in [0.717, 1.165) is 0 Å². The third kappa shape index (κ3) is 2.11. The van der Waals surface area contributed by atoms with Crippen molar-refractivity contribution in [2.75, 3.05) is 0 Å². The number of rotatable bonds is 1. The molecule has 0 aromatic heterocycles. The van der Waals surface area contributed by atoms with Crippen molar-refractivity contribution in [3.05, 3.63) is 33.8 Å². The van der Waals surface area contributed by atoms with Crippen LogP contribution in [0.15, 0.2) is 18.2 Å². The summed E-state index contributed by atoms with van der Waals surface area (Å²) in [6.45, 7) is 0. The monoisotopic (exact) mass is 205 g/mol. The maximum absolute atomic E-state index is 10.8. The van der Waals surface area contributed by atoms with Crippen molar-refractivity contribution in [2.24, 2.45) is 0 Å². The molecule has 0 heterocycles. The molecule has 0 radical (unpaired) electrons. The zero-order valence-corrected chi connectivity index (χ0v) is 7.36. The summed E-state index contributed by atoms with van der Waals surface area (Å²) in [6.07, 6.45) is 0. The SMILES string of the molecule is O=C(NO)c1cc(Cl)cc(Cl)c1. The van der Waals surface area contributed by atoms with Crippen molar-refractivity contribution in [3.63, 3.8) is 0 Å². The smallest absolute Gasteiger partial charge is 0.274 e. The van der Waals surface area contributed by atoms with Gasteiger partial charge in [0, 0.05) is 15.6 Å². The van der Waals surface area contributed by atoms with Crippen LogP contribution in [-0.2, 0) is 0 Å². The molecule has 0 saturated heterocycles. The van der Waals surface area contributed by atoms with Gasteiger partial charge in [0.1, 0.15) is 0 Å². The van der Waals surface area contributed by atoms with Gasteiger partial charge in [0.05, 0.1) is 0 Å². The van der Waals surface area contributed by atoms with Crippen molar-refractivity contribution in [2.45, 2.75) is 0 Å². The largest absolute Gasteiger partial charge is 0.288 e. The first-order valence-electron chi connectivity index (χ1n) is 3.04. The molecular weight excluding hydrogens is 201 g/mol. The summed E-state index contributed by atoms with van der Waals surface area (Å²) in [4.78, 5) is 10.8. The molecule has 0 spiro atoms.